The molecule has 0 saturated heterocycles. The third kappa shape index (κ3) is 3.31. The lowest BCUT2D eigenvalue weighted by molar-refractivity contribution is 0.429. The van der Waals surface area contributed by atoms with E-state index in [1.54, 1.807) is 0 Å². The highest BCUT2D eigenvalue weighted by Gasteiger charge is 2.16. The van der Waals surface area contributed by atoms with Crippen molar-refractivity contribution in [2.45, 2.75) is 32.6 Å². The van der Waals surface area contributed by atoms with Crippen LogP contribution < -0.4 is 5.73 Å². The van der Waals surface area contributed by atoms with E-state index in [-0.39, 0.29) is 5.82 Å². The van der Waals surface area contributed by atoms with Gasteiger partial charge in [-0.15, -0.1) is 0 Å². The predicted molar refractivity (Wildman–Crippen MR) is 62.3 cm³/mol. The van der Waals surface area contributed by atoms with E-state index in [4.69, 9.17) is 5.73 Å². The number of halogens is 1. The van der Waals surface area contributed by atoms with Gasteiger partial charge in [0.15, 0.2) is 0 Å². The molecule has 0 aliphatic carbocycles. The lowest BCUT2D eigenvalue weighted by atomic mass is 9.85. The quantitative estimate of drug-likeness (QED) is 0.791. The summed E-state index contributed by atoms with van der Waals surface area (Å²) in [5, 5.41) is 0. The van der Waals surface area contributed by atoms with E-state index in [9.17, 15) is 4.39 Å². The van der Waals surface area contributed by atoms with Gasteiger partial charge in [-0.05, 0) is 36.1 Å². The zero-order valence-corrected chi connectivity index (χ0v) is 9.54. The van der Waals surface area contributed by atoms with Gasteiger partial charge in [0.05, 0.1) is 0 Å². The fourth-order valence-corrected chi connectivity index (χ4v) is 2.06. The summed E-state index contributed by atoms with van der Waals surface area (Å²) in [6.07, 6.45) is 2.33. The number of rotatable bonds is 5. The van der Waals surface area contributed by atoms with Crippen molar-refractivity contribution >= 4 is 0 Å². The third-order valence-corrected chi connectivity index (χ3v) is 2.98. The van der Waals surface area contributed by atoms with Crippen molar-refractivity contribution in [1.29, 1.82) is 0 Å². The molecule has 1 aromatic rings. The molecule has 0 aliphatic heterocycles. The molecular formula is C13H20FN. The monoisotopic (exact) mass is 209 g/mol. The van der Waals surface area contributed by atoms with Crippen molar-refractivity contribution in [3.05, 3.63) is 35.6 Å². The Morgan fingerprint density at radius 2 is 1.87 bits per heavy atom. The van der Waals surface area contributed by atoms with Crippen LogP contribution in [-0.4, -0.2) is 6.54 Å². The summed E-state index contributed by atoms with van der Waals surface area (Å²) >= 11 is 0. The van der Waals surface area contributed by atoms with Gasteiger partial charge < -0.3 is 5.73 Å². The van der Waals surface area contributed by atoms with E-state index in [1.165, 1.54) is 25.0 Å². The van der Waals surface area contributed by atoms with E-state index in [0.29, 0.717) is 18.4 Å². The molecule has 0 fully saturated rings. The Morgan fingerprint density at radius 3 is 2.33 bits per heavy atom. The minimum absolute atomic E-state index is 0.183. The van der Waals surface area contributed by atoms with Crippen LogP contribution in [0.4, 0.5) is 4.39 Å². The summed E-state index contributed by atoms with van der Waals surface area (Å²) in [6, 6.07) is 6.71. The summed E-state index contributed by atoms with van der Waals surface area (Å²) in [6.45, 7) is 5.02. The molecule has 0 bridgehead atoms. The number of hydrogen-bond acceptors (Lipinski definition) is 1. The second kappa shape index (κ2) is 5.86. The highest BCUT2D eigenvalue weighted by Crippen LogP contribution is 2.26. The molecule has 0 heterocycles. The van der Waals surface area contributed by atoms with Crippen LogP contribution in [0.25, 0.3) is 0 Å². The number of hydrogen-bond donors (Lipinski definition) is 1. The van der Waals surface area contributed by atoms with Crippen molar-refractivity contribution in [3.8, 4) is 0 Å². The van der Waals surface area contributed by atoms with E-state index in [0.717, 1.165) is 5.56 Å². The number of nitrogens with two attached hydrogens (primary N) is 1. The van der Waals surface area contributed by atoms with Gasteiger partial charge in [-0.1, -0.05) is 38.8 Å². The Morgan fingerprint density at radius 1 is 1.27 bits per heavy atom. The SMILES string of the molecule is CCCC(C)C(CN)c1ccc(F)cc1. The second-order valence-electron chi connectivity index (χ2n) is 4.16. The zero-order valence-electron chi connectivity index (χ0n) is 9.54. The van der Waals surface area contributed by atoms with Crippen LogP contribution in [0.15, 0.2) is 24.3 Å². The van der Waals surface area contributed by atoms with Crippen LogP contribution in [0.2, 0.25) is 0 Å². The van der Waals surface area contributed by atoms with Gasteiger partial charge in [0.1, 0.15) is 5.82 Å². The van der Waals surface area contributed by atoms with Gasteiger partial charge in [0.2, 0.25) is 0 Å². The lowest BCUT2D eigenvalue weighted by Crippen LogP contribution is -2.19. The minimum Gasteiger partial charge on any atom is -0.330 e. The van der Waals surface area contributed by atoms with Gasteiger partial charge in [0, 0.05) is 0 Å². The highest BCUT2D eigenvalue weighted by molar-refractivity contribution is 5.21. The van der Waals surface area contributed by atoms with E-state index in [2.05, 4.69) is 13.8 Å². The second-order valence-corrected chi connectivity index (χ2v) is 4.16. The van der Waals surface area contributed by atoms with Crippen molar-refractivity contribution in [1.82, 2.24) is 0 Å². The van der Waals surface area contributed by atoms with E-state index >= 15 is 0 Å². The van der Waals surface area contributed by atoms with Crippen molar-refractivity contribution in [2.24, 2.45) is 11.7 Å². The molecule has 0 radical (unpaired) electrons. The average Bonchev–Trinajstić information content (AvgIpc) is 2.22. The fourth-order valence-electron chi connectivity index (χ4n) is 2.06. The Hall–Kier alpha value is -0.890. The molecule has 1 rings (SSSR count). The van der Waals surface area contributed by atoms with Gasteiger partial charge in [-0.25, -0.2) is 4.39 Å². The molecule has 0 saturated carbocycles. The van der Waals surface area contributed by atoms with Crippen molar-refractivity contribution in [3.63, 3.8) is 0 Å². The standard InChI is InChI=1S/C13H20FN/c1-3-4-10(2)13(9-15)11-5-7-12(14)8-6-11/h5-8,10,13H,3-4,9,15H2,1-2H3. The predicted octanol–water partition coefficient (Wildman–Crippen LogP) is 3.30. The molecule has 1 aromatic carbocycles. The third-order valence-electron chi connectivity index (χ3n) is 2.98. The molecule has 0 aromatic heterocycles. The summed E-state index contributed by atoms with van der Waals surface area (Å²) in [5.74, 6) is 0.730. The smallest absolute Gasteiger partial charge is 0.123 e. The van der Waals surface area contributed by atoms with Crippen molar-refractivity contribution < 1.29 is 4.39 Å². The van der Waals surface area contributed by atoms with Gasteiger partial charge in [0.25, 0.3) is 0 Å². The van der Waals surface area contributed by atoms with Crippen LogP contribution in [0.5, 0.6) is 0 Å². The van der Waals surface area contributed by atoms with Gasteiger partial charge in [-0.3, -0.25) is 0 Å². The van der Waals surface area contributed by atoms with E-state index in [1.807, 2.05) is 12.1 Å². The molecule has 2 heteroatoms. The summed E-state index contributed by atoms with van der Waals surface area (Å²) < 4.78 is 12.8. The molecule has 1 nitrogen and oxygen atoms in total. The maximum absolute atomic E-state index is 12.8. The van der Waals surface area contributed by atoms with Crippen LogP contribution in [0.1, 0.15) is 38.2 Å². The minimum atomic E-state index is -0.183. The van der Waals surface area contributed by atoms with Gasteiger partial charge >= 0.3 is 0 Å². The Bertz CT molecular complexity index is 281. The molecule has 2 unspecified atom stereocenters. The largest absolute Gasteiger partial charge is 0.330 e. The normalized spacial score (nSPS) is 14.9. The Kier molecular flexibility index (Phi) is 4.76. The molecule has 84 valence electrons. The molecule has 2 N–H and O–H groups in total. The van der Waals surface area contributed by atoms with Crippen LogP contribution in [0, 0.1) is 11.7 Å². The molecular weight excluding hydrogens is 189 g/mol. The summed E-state index contributed by atoms with van der Waals surface area (Å²) in [7, 11) is 0. The van der Waals surface area contributed by atoms with Crippen LogP contribution >= 0.6 is 0 Å². The van der Waals surface area contributed by atoms with Crippen LogP contribution in [-0.2, 0) is 0 Å². The molecule has 0 aliphatic rings. The fraction of sp³-hybridized carbons (Fsp3) is 0.538. The Labute approximate surface area is 91.5 Å². The first-order valence-electron chi connectivity index (χ1n) is 5.64. The molecule has 2 atom stereocenters. The van der Waals surface area contributed by atoms with Crippen LogP contribution in [0.3, 0.4) is 0 Å². The lowest BCUT2D eigenvalue weighted by Gasteiger charge is -2.22. The van der Waals surface area contributed by atoms with Gasteiger partial charge in [-0.2, -0.15) is 0 Å². The number of benzene rings is 1. The summed E-state index contributed by atoms with van der Waals surface area (Å²) in [5.41, 5.74) is 6.93. The first-order chi connectivity index (χ1) is 7.19. The summed E-state index contributed by atoms with van der Waals surface area (Å²) in [4.78, 5) is 0. The topological polar surface area (TPSA) is 26.0 Å². The van der Waals surface area contributed by atoms with E-state index < -0.39 is 0 Å². The average molecular weight is 209 g/mol. The van der Waals surface area contributed by atoms with Crippen molar-refractivity contribution in [2.75, 3.05) is 6.54 Å². The molecule has 0 amide bonds. The Balaban J connectivity index is 2.77. The first-order valence-corrected chi connectivity index (χ1v) is 5.64. The first kappa shape index (κ1) is 12.2. The zero-order chi connectivity index (χ0) is 11.3. The maximum atomic E-state index is 12.8. The molecule has 0 spiro atoms. The highest BCUT2D eigenvalue weighted by atomic mass is 19.1. The molecule has 15 heavy (non-hydrogen) atoms. The maximum Gasteiger partial charge on any atom is 0.123 e.